The highest BCUT2D eigenvalue weighted by Crippen LogP contribution is 2.28. The second-order valence-corrected chi connectivity index (χ2v) is 4.23. The van der Waals surface area contributed by atoms with Gasteiger partial charge in [0.1, 0.15) is 5.82 Å². The van der Waals surface area contributed by atoms with Crippen LogP contribution in [-0.4, -0.2) is 12.0 Å². The van der Waals surface area contributed by atoms with Crippen molar-refractivity contribution in [2.75, 3.05) is 12.8 Å². The van der Waals surface area contributed by atoms with Crippen molar-refractivity contribution in [2.45, 2.75) is 13.0 Å². The highest BCUT2D eigenvalue weighted by molar-refractivity contribution is 5.50. The molecule has 1 atom stereocenters. The van der Waals surface area contributed by atoms with E-state index in [9.17, 15) is 4.39 Å². The molecule has 1 aromatic carbocycles. The lowest BCUT2D eigenvalue weighted by Crippen LogP contribution is -2.20. The lowest BCUT2D eigenvalue weighted by atomic mass is 9.95. The van der Waals surface area contributed by atoms with Crippen molar-refractivity contribution in [3.8, 4) is 0 Å². The molecule has 0 saturated carbocycles. The number of hydrogen-bond donors (Lipinski definition) is 2. The summed E-state index contributed by atoms with van der Waals surface area (Å²) in [6.07, 6.45) is 3.35. The van der Waals surface area contributed by atoms with Crippen LogP contribution in [0.2, 0.25) is 0 Å². The van der Waals surface area contributed by atoms with E-state index in [-0.39, 0.29) is 11.9 Å². The van der Waals surface area contributed by atoms with Crippen LogP contribution in [0.4, 0.5) is 10.1 Å². The molecule has 18 heavy (non-hydrogen) atoms. The van der Waals surface area contributed by atoms with Gasteiger partial charge in [0.2, 0.25) is 0 Å². The van der Waals surface area contributed by atoms with E-state index in [1.165, 1.54) is 12.1 Å². The molecule has 0 amide bonds. The standard InChI is InChI=1S/C14H16FN3/c1-9-3-4-10(15)7-11(9)14(17-2)12-8-18-6-5-13(12)16/h3-8,14,17H,1-2H3,(H2,16,18). The molecule has 0 aliphatic heterocycles. The number of benzene rings is 1. The van der Waals surface area contributed by atoms with E-state index in [0.29, 0.717) is 5.69 Å². The second kappa shape index (κ2) is 5.14. The maximum absolute atomic E-state index is 13.4. The maximum atomic E-state index is 13.4. The smallest absolute Gasteiger partial charge is 0.123 e. The van der Waals surface area contributed by atoms with E-state index in [1.807, 2.05) is 14.0 Å². The molecule has 0 aliphatic rings. The molecule has 4 heteroatoms. The molecule has 0 radical (unpaired) electrons. The van der Waals surface area contributed by atoms with Crippen LogP contribution in [0.3, 0.4) is 0 Å². The molecule has 0 aliphatic carbocycles. The molecule has 2 rings (SSSR count). The zero-order valence-corrected chi connectivity index (χ0v) is 10.4. The Hall–Kier alpha value is -1.94. The van der Waals surface area contributed by atoms with E-state index >= 15 is 0 Å². The van der Waals surface area contributed by atoms with Gasteiger partial charge in [0, 0.05) is 23.6 Å². The maximum Gasteiger partial charge on any atom is 0.123 e. The van der Waals surface area contributed by atoms with Gasteiger partial charge >= 0.3 is 0 Å². The topological polar surface area (TPSA) is 50.9 Å². The van der Waals surface area contributed by atoms with E-state index in [1.54, 1.807) is 24.5 Å². The van der Waals surface area contributed by atoms with Crippen LogP contribution < -0.4 is 11.1 Å². The number of aryl methyl sites for hydroxylation is 1. The highest BCUT2D eigenvalue weighted by Gasteiger charge is 2.17. The Kier molecular flexibility index (Phi) is 3.58. The van der Waals surface area contributed by atoms with Crippen LogP contribution in [0.25, 0.3) is 0 Å². The molecule has 94 valence electrons. The van der Waals surface area contributed by atoms with E-state index in [0.717, 1.165) is 16.7 Å². The summed E-state index contributed by atoms with van der Waals surface area (Å²) in [6, 6.07) is 6.34. The van der Waals surface area contributed by atoms with Crippen LogP contribution in [0.15, 0.2) is 36.7 Å². The Labute approximate surface area is 106 Å². The predicted molar refractivity (Wildman–Crippen MR) is 70.7 cm³/mol. The average Bonchev–Trinajstić information content (AvgIpc) is 2.36. The van der Waals surface area contributed by atoms with Crippen LogP contribution in [-0.2, 0) is 0 Å². The van der Waals surface area contributed by atoms with Gasteiger partial charge < -0.3 is 11.1 Å². The molecule has 1 aromatic heterocycles. The lowest BCUT2D eigenvalue weighted by molar-refractivity contribution is 0.615. The molecule has 1 heterocycles. The molecule has 1 unspecified atom stereocenters. The zero-order valence-electron chi connectivity index (χ0n) is 10.4. The Morgan fingerprint density at radius 3 is 2.72 bits per heavy atom. The van der Waals surface area contributed by atoms with Crippen LogP contribution in [0.5, 0.6) is 0 Å². The minimum Gasteiger partial charge on any atom is -0.398 e. The third-order valence-corrected chi connectivity index (χ3v) is 3.04. The monoisotopic (exact) mass is 245 g/mol. The Bertz CT molecular complexity index is 554. The number of anilines is 1. The van der Waals surface area contributed by atoms with Gasteiger partial charge in [-0.25, -0.2) is 4.39 Å². The Balaban J connectivity index is 2.52. The van der Waals surface area contributed by atoms with Crippen molar-refractivity contribution in [2.24, 2.45) is 0 Å². The minimum absolute atomic E-state index is 0.158. The molecule has 2 aromatic rings. The molecule has 0 bridgehead atoms. The van der Waals surface area contributed by atoms with Gasteiger partial charge in [-0.15, -0.1) is 0 Å². The number of nitrogens with two attached hydrogens (primary N) is 1. The summed E-state index contributed by atoms with van der Waals surface area (Å²) >= 11 is 0. The molecule has 3 N–H and O–H groups in total. The number of aromatic nitrogens is 1. The molecular formula is C14H16FN3. The van der Waals surface area contributed by atoms with Crippen LogP contribution in [0.1, 0.15) is 22.7 Å². The number of nitrogens with one attached hydrogen (secondary N) is 1. The molecule has 0 saturated heterocycles. The van der Waals surface area contributed by atoms with Crippen molar-refractivity contribution >= 4 is 5.69 Å². The van der Waals surface area contributed by atoms with E-state index in [4.69, 9.17) is 5.73 Å². The Morgan fingerprint density at radius 1 is 1.28 bits per heavy atom. The van der Waals surface area contributed by atoms with Crippen LogP contribution >= 0.6 is 0 Å². The lowest BCUT2D eigenvalue weighted by Gasteiger charge is -2.20. The molecule has 0 spiro atoms. The summed E-state index contributed by atoms with van der Waals surface area (Å²) in [5.74, 6) is -0.252. The molecule has 3 nitrogen and oxygen atoms in total. The van der Waals surface area contributed by atoms with E-state index < -0.39 is 0 Å². The number of hydrogen-bond acceptors (Lipinski definition) is 3. The first-order valence-electron chi connectivity index (χ1n) is 5.76. The molecule has 0 fully saturated rings. The van der Waals surface area contributed by atoms with Crippen molar-refractivity contribution in [1.82, 2.24) is 10.3 Å². The summed E-state index contributed by atoms with van der Waals surface area (Å²) < 4.78 is 13.4. The quantitative estimate of drug-likeness (QED) is 0.873. The fourth-order valence-electron chi connectivity index (χ4n) is 2.06. The van der Waals surface area contributed by atoms with Crippen molar-refractivity contribution in [1.29, 1.82) is 0 Å². The van der Waals surface area contributed by atoms with Gasteiger partial charge in [0.25, 0.3) is 0 Å². The summed E-state index contributed by atoms with van der Waals surface area (Å²) in [6.45, 7) is 1.95. The van der Waals surface area contributed by atoms with Gasteiger partial charge in [0.05, 0.1) is 6.04 Å². The van der Waals surface area contributed by atoms with Crippen molar-refractivity contribution < 1.29 is 4.39 Å². The van der Waals surface area contributed by atoms with E-state index in [2.05, 4.69) is 10.3 Å². The fourth-order valence-corrected chi connectivity index (χ4v) is 2.06. The third kappa shape index (κ3) is 2.33. The normalized spacial score (nSPS) is 12.4. The van der Waals surface area contributed by atoms with Gasteiger partial charge in [-0.2, -0.15) is 0 Å². The fraction of sp³-hybridized carbons (Fsp3) is 0.214. The summed E-state index contributed by atoms with van der Waals surface area (Å²) in [7, 11) is 1.82. The number of rotatable bonds is 3. The second-order valence-electron chi connectivity index (χ2n) is 4.23. The SMILES string of the molecule is CNC(c1cc(F)ccc1C)c1cnccc1N. The average molecular weight is 245 g/mol. The van der Waals surface area contributed by atoms with Gasteiger partial charge in [-0.3, -0.25) is 4.98 Å². The van der Waals surface area contributed by atoms with Crippen molar-refractivity contribution in [3.05, 3.63) is 59.2 Å². The Morgan fingerprint density at radius 2 is 2.06 bits per heavy atom. The first-order chi connectivity index (χ1) is 8.63. The number of halogens is 1. The van der Waals surface area contributed by atoms with Gasteiger partial charge in [0.15, 0.2) is 0 Å². The number of nitrogens with zero attached hydrogens (tertiary/aromatic N) is 1. The largest absolute Gasteiger partial charge is 0.398 e. The minimum atomic E-state index is -0.252. The molecular weight excluding hydrogens is 229 g/mol. The predicted octanol–water partition coefficient (Wildman–Crippen LogP) is 2.42. The summed E-state index contributed by atoms with van der Waals surface area (Å²) in [5.41, 5.74) is 9.34. The van der Waals surface area contributed by atoms with Crippen molar-refractivity contribution in [3.63, 3.8) is 0 Å². The van der Waals surface area contributed by atoms with Crippen LogP contribution in [0, 0.1) is 12.7 Å². The zero-order chi connectivity index (χ0) is 13.1. The number of nitrogen functional groups attached to an aromatic ring is 1. The van der Waals surface area contributed by atoms with Gasteiger partial charge in [-0.1, -0.05) is 6.07 Å². The summed E-state index contributed by atoms with van der Waals surface area (Å²) in [4.78, 5) is 4.08. The first-order valence-corrected chi connectivity index (χ1v) is 5.76. The third-order valence-electron chi connectivity index (χ3n) is 3.04. The number of pyridine rings is 1. The highest BCUT2D eigenvalue weighted by atomic mass is 19.1. The first kappa shape index (κ1) is 12.5. The van der Waals surface area contributed by atoms with Gasteiger partial charge in [-0.05, 0) is 43.3 Å². The summed E-state index contributed by atoms with van der Waals surface area (Å²) in [5, 5.41) is 3.16.